The van der Waals surface area contributed by atoms with Crippen LogP contribution in [0.2, 0.25) is 0 Å². The lowest BCUT2D eigenvalue weighted by atomic mass is 10.1. The van der Waals surface area contributed by atoms with Gasteiger partial charge in [0.15, 0.2) is 0 Å². The molecule has 0 saturated heterocycles. The number of nitrogens with one attached hydrogen (secondary N) is 1. The van der Waals surface area contributed by atoms with E-state index in [2.05, 4.69) is 24.4 Å². The summed E-state index contributed by atoms with van der Waals surface area (Å²) in [6.07, 6.45) is 9.12. The number of aryl methyl sites for hydroxylation is 1. The van der Waals surface area contributed by atoms with Crippen molar-refractivity contribution >= 4 is 5.91 Å². The van der Waals surface area contributed by atoms with Gasteiger partial charge in [0.2, 0.25) is 5.91 Å². The molecule has 1 unspecified atom stereocenters. The van der Waals surface area contributed by atoms with Gasteiger partial charge in [0, 0.05) is 13.0 Å². The van der Waals surface area contributed by atoms with Gasteiger partial charge in [-0.2, -0.15) is 0 Å². The first-order valence-electron chi connectivity index (χ1n) is 7.87. The molecule has 1 amide bonds. The predicted octanol–water partition coefficient (Wildman–Crippen LogP) is 3.63. The molecule has 1 aliphatic carbocycles. The summed E-state index contributed by atoms with van der Waals surface area (Å²) in [7, 11) is 0. The summed E-state index contributed by atoms with van der Waals surface area (Å²) in [6, 6.07) is 8.08. The van der Waals surface area contributed by atoms with Crippen LogP contribution in [0.25, 0.3) is 0 Å². The zero-order valence-corrected chi connectivity index (χ0v) is 12.8. The maximum absolute atomic E-state index is 11.7. The molecule has 21 heavy (non-hydrogen) atoms. The standard InChI is InChI=1S/C18H25NO2/c1-15-8-10-17(11-9-15)21-13-5-4-12-19-18(20)14-16-6-2-3-7-16/h2,6,8-11,16H,3-5,7,12-14H2,1H3,(H,19,20). The van der Waals surface area contributed by atoms with E-state index in [0.29, 0.717) is 18.9 Å². The Morgan fingerprint density at radius 3 is 2.81 bits per heavy atom. The van der Waals surface area contributed by atoms with Crippen LogP contribution in [0.3, 0.4) is 0 Å². The van der Waals surface area contributed by atoms with Gasteiger partial charge in [-0.15, -0.1) is 0 Å². The molecule has 0 fully saturated rings. The molecule has 0 heterocycles. The first-order valence-corrected chi connectivity index (χ1v) is 7.87. The van der Waals surface area contributed by atoms with E-state index < -0.39 is 0 Å². The molecule has 1 atom stereocenters. The maximum Gasteiger partial charge on any atom is 0.220 e. The highest BCUT2D eigenvalue weighted by molar-refractivity contribution is 5.76. The van der Waals surface area contributed by atoms with Crippen molar-refractivity contribution < 1.29 is 9.53 Å². The fourth-order valence-electron chi connectivity index (χ4n) is 2.45. The van der Waals surface area contributed by atoms with Crippen LogP contribution in [-0.4, -0.2) is 19.1 Å². The van der Waals surface area contributed by atoms with Crippen LogP contribution in [0.5, 0.6) is 5.75 Å². The number of rotatable bonds is 8. The average molecular weight is 287 g/mol. The third-order valence-corrected chi connectivity index (χ3v) is 3.74. The fraction of sp³-hybridized carbons (Fsp3) is 0.500. The highest BCUT2D eigenvalue weighted by Crippen LogP contribution is 2.19. The molecule has 0 spiro atoms. The summed E-state index contributed by atoms with van der Waals surface area (Å²) in [4.78, 5) is 11.7. The number of benzene rings is 1. The van der Waals surface area contributed by atoms with E-state index in [1.807, 2.05) is 24.3 Å². The largest absolute Gasteiger partial charge is 0.494 e. The molecule has 3 heteroatoms. The van der Waals surface area contributed by atoms with E-state index in [1.165, 1.54) is 5.56 Å². The minimum absolute atomic E-state index is 0.172. The molecule has 0 bridgehead atoms. The summed E-state index contributed by atoms with van der Waals surface area (Å²) in [5.74, 6) is 1.54. The summed E-state index contributed by atoms with van der Waals surface area (Å²) in [6.45, 7) is 3.50. The Bertz CT molecular complexity index is 465. The van der Waals surface area contributed by atoms with Gasteiger partial charge in [0.1, 0.15) is 5.75 Å². The second kappa shape index (κ2) is 8.50. The Hall–Kier alpha value is -1.77. The van der Waals surface area contributed by atoms with Crippen molar-refractivity contribution in [2.75, 3.05) is 13.2 Å². The highest BCUT2D eigenvalue weighted by Gasteiger charge is 2.13. The molecule has 1 aliphatic rings. The number of unbranched alkanes of at least 4 members (excludes halogenated alkanes) is 1. The SMILES string of the molecule is Cc1ccc(OCCCCNC(=O)CC2C=CCC2)cc1. The number of carbonyl (C=O) groups is 1. The Morgan fingerprint density at radius 2 is 2.10 bits per heavy atom. The van der Waals surface area contributed by atoms with Crippen molar-refractivity contribution in [1.29, 1.82) is 0 Å². The van der Waals surface area contributed by atoms with E-state index in [1.54, 1.807) is 0 Å². The first kappa shape index (κ1) is 15.6. The zero-order valence-electron chi connectivity index (χ0n) is 12.8. The molecule has 1 N–H and O–H groups in total. The molecule has 0 radical (unpaired) electrons. The van der Waals surface area contributed by atoms with Crippen molar-refractivity contribution in [3.05, 3.63) is 42.0 Å². The second-order valence-electron chi connectivity index (χ2n) is 5.69. The van der Waals surface area contributed by atoms with Gasteiger partial charge in [-0.05, 0) is 50.7 Å². The van der Waals surface area contributed by atoms with Gasteiger partial charge >= 0.3 is 0 Å². The number of allylic oxidation sites excluding steroid dienone is 2. The van der Waals surface area contributed by atoms with E-state index in [9.17, 15) is 4.79 Å². The summed E-state index contributed by atoms with van der Waals surface area (Å²) in [5, 5.41) is 2.99. The van der Waals surface area contributed by atoms with Crippen LogP contribution in [-0.2, 0) is 4.79 Å². The molecule has 1 aromatic carbocycles. The monoisotopic (exact) mass is 287 g/mol. The van der Waals surface area contributed by atoms with E-state index in [-0.39, 0.29) is 5.91 Å². The van der Waals surface area contributed by atoms with E-state index in [4.69, 9.17) is 4.74 Å². The van der Waals surface area contributed by atoms with Gasteiger partial charge < -0.3 is 10.1 Å². The minimum atomic E-state index is 0.172. The third kappa shape index (κ3) is 6.03. The molecule has 114 valence electrons. The number of carbonyl (C=O) groups excluding carboxylic acids is 1. The lowest BCUT2D eigenvalue weighted by molar-refractivity contribution is -0.121. The Morgan fingerprint density at radius 1 is 1.29 bits per heavy atom. The van der Waals surface area contributed by atoms with Crippen LogP contribution in [0.15, 0.2) is 36.4 Å². The number of hydrogen-bond donors (Lipinski definition) is 1. The topological polar surface area (TPSA) is 38.3 Å². The van der Waals surface area contributed by atoms with Crippen molar-refractivity contribution in [2.45, 2.75) is 39.0 Å². The smallest absolute Gasteiger partial charge is 0.220 e. The zero-order chi connectivity index (χ0) is 14.9. The molecule has 3 nitrogen and oxygen atoms in total. The molecule has 0 saturated carbocycles. The quantitative estimate of drug-likeness (QED) is 0.586. The number of hydrogen-bond acceptors (Lipinski definition) is 2. The predicted molar refractivity (Wildman–Crippen MR) is 85.4 cm³/mol. The Balaban J connectivity index is 1.48. The second-order valence-corrected chi connectivity index (χ2v) is 5.69. The van der Waals surface area contributed by atoms with Crippen LogP contribution in [0.4, 0.5) is 0 Å². The Kier molecular flexibility index (Phi) is 6.32. The molecular formula is C18H25NO2. The van der Waals surface area contributed by atoms with Crippen LogP contribution < -0.4 is 10.1 Å². The van der Waals surface area contributed by atoms with Crippen LogP contribution in [0.1, 0.15) is 37.7 Å². The molecule has 0 aliphatic heterocycles. The summed E-state index contributed by atoms with van der Waals surface area (Å²) < 4.78 is 5.65. The van der Waals surface area contributed by atoms with Gasteiger partial charge in [-0.1, -0.05) is 29.8 Å². The van der Waals surface area contributed by atoms with Gasteiger partial charge in [0.05, 0.1) is 6.61 Å². The van der Waals surface area contributed by atoms with Crippen molar-refractivity contribution in [3.8, 4) is 5.75 Å². The summed E-state index contributed by atoms with van der Waals surface area (Å²) in [5.41, 5.74) is 1.24. The minimum Gasteiger partial charge on any atom is -0.494 e. The maximum atomic E-state index is 11.7. The average Bonchev–Trinajstić information content (AvgIpc) is 2.97. The van der Waals surface area contributed by atoms with E-state index >= 15 is 0 Å². The Labute approximate surface area is 127 Å². The lowest BCUT2D eigenvalue weighted by Gasteiger charge is -2.09. The van der Waals surface area contributed by atoms with Crippen molar-refractivity contribution in [1.82, 2.24) is 5.32 Å². The lowest BCUT2D eigenvalue weighted by Crippen LogP contribution is -2.26. The first-order chi connectivity index (χ1) is 10.2. The molecule has 2 rings (SSSR count). The molecule has 1 aromatic rings. The highest BCUT2D eigenvalue weighted by atomic mass is 16.5. The van der Waals surface area contributed by atoms with Crippen molar-refractivity contribution in [3.63, 3.8) is 0 Å². The van der Waals surface area contributed by atoms with Gasteiger partial charge in [-0.3, -0.25) is 4.79 Å². The van der Waals surface area contributed by atoms with E-state index in [0.717, 1.165) is 38.0 Å². The fourth-order valence-corrected chi connectivity index (χ4v) is 2.45. The summed E-state index contributed by atoms with van der Waals surface area (Å²) >= 11 is 0. The molecule has 0 aromatic heterocycles. The van der Waals surface area contributed by atoms with Gasteiger partial charge in [0.25, 0.3) is 0 Å². The third-order valence-electron chi connectivity index (χ3n) is 3.74. The van der Waals surface area contributed by atoms with Crippen LogP contribution >= 0.6 is 0 Å². The number of ether oxygens (including phenoxy) is 1. The normalized spacial score (nSPS) is 16.9. The molecular weight excluding hydrogens is 262 g/mol. The number of amides is 1. The van der Waals surface area contributed by atoms with Gasteiger partial charge in [-0.25, -0.2) is 0 Å². The van der Waals surface area contributed by atoms with Crippen molar-refractivity contribution in [2.24, 2.45) is 5.92 Å². The van der Waals surface area contributed by atoms with Crippen LogP contribution in [0, 0.1) is 12.8 Å².